The van der Waals surface area contributed by atoms with Crippen molar-refractivity contribution in [1.82, 2.24) is 9.88 Å². The second-order valence-electron chi connectivity index (χ2n) is 5.38. The fraction of sp³-hybridized carbons (Fsp3) is 0.176. The number of phenolic OH excluding ortho intramolecular Hbond substituents is 1. The summed E-state index contributed by atoms with van der Waals surface area (Å²) in [7, 11) is 0. The van der Waals surface area contributed by atoms with E-state index in [1.165, 1.54) is 11.3 Å². The number of carbonyl (C=O) groups is 1. The normalized spacial score (nSPS) is 13.8. The molecule has 6 heteroatoms. The number of pyridine rings is 1. The Bertz CT molecular complexity index is 869. The van der Waals surface area contributed by atoms with Crippen molar-refractivity contribution >= 4 is 27.5 Å². The zero-order valence-electron chi connectivity index (χ0n) is 12.2. The largest absolute Gasteiger partial charge is 0.508 e. The number of aromatic nitrogens is 1. The zero-order chi connectivity index (χ0) is 15.8. The minimum Gasteiger partial charge on any atom is -0.508 e. The molecule has 1 aliphatic rings. The summed E-state index contributed by atoms with van der Waals surface area (Å²) in [5.74, 6) is 1.54. The second kappa shape index (κ2) is 5.55. The molecule has 1 aliphatic heterocycles. The monoisotopic (exact) mass is 326 g/mol. The predicted molar refractivity (Wildman–Crippen MR) is 88.3 cm³/mol. The van der Waals surface area contributed by atoms with E-state index in [2.05, 4.69) is 4.98 Å². The molecule has 1 amide bonds. The Labute approximate surface area is 136 Å². The van der Waals surface area contributed by atoms with Crippen LogP contribution in [-0.2, 0) is 0 Å². The third-order valence-electron chi connectivity index (χ3n) is 3.79. The topological polar surface area (TPSA) is 62.7 Å². The number of aromatic hydroxyl groups is 1. The van der Waals surface area contributed by atoms with Gasteiger partial charge in [-0.15, -0.1) is 11.3 Å². The van der Waals surface area contributed by atoms with Gasteiger partial charge in [-0.3, -0.25) is 9.78 Å². The number of benzene rings is 1. The van der Waals surface area contributed by atoms with Crippen LogP contribution in [0.15, 0.2) is 42.6 Å². The molecule has 116 valence electrons. The van der Waals surface area contributed by atoms with Crippen molar-refractivity contribution < 1.29 is 14.6 Å². The molecule has 0 aliphatic carbocycles. The summed E-state index contributed by atoms with van der Waals surface area (Å²) in [5, 5.41) is 9.33. The second-order valence-corrected chi connectivity index (χ2v) is 6.43. The maximum atomic E-state index is 12.3. The quantitative estimate of drug-likeness (QED) is 0.798. The highest BCUT2D eigenvalue weighted by molar-refractivity contribution is 7.21. The van der Waals surface area contributed by atoms with Crippen molar-refractivity contribution in [2.45, 2.75) is 6.42 Å². The first kappa shape index (κ1) is 14.0. The molecule has 3 heterocycles. The van der Waals surface area contributed by atoms with Crippen LogP contribution in [0.4, 0.5) is 0 Å². The van der Waals surface area contributed by atoms with Crippen LogP contribution < -0.4 is 4.74 Å². The molecule has 4 rings (SSSR count). The first-order valence-electron chi connectivity index (χ1n) is 7.35. The van der Waals surface area contributed by atoms with Gasteiger partial charge in [0.2, 0.25) is 0 Å². The van der Waals surface area contributed by atoms with Gasteiger partial charge in [0.15, 0.2) is 0 Å². The van der Waals surface area contributed by atoms with Crippen molar-refractivity contribution in [2.75, 3.05) is 13.1 Å². The average molecular weight is 326 g/mol. The summed E-state index contributed by atoms with van der Waals surface area (Å²) in [6.07, 6.45) is 2.74. The van der Waals surface area contributed by atoms with Gasteiger partial charge in [0.1, 0.15) is 17.2 Å². The van der Waals surface area contributed by atoms with E-state index in [1.54, 1.807) is 36.5 Å². The van der Waals surface area contributed by atoms with Gasteiger partial charge in [-0.1, -0.05) is 0 Å². The number of ether oxygens (including phenoxy) is 1. The number of amides is 1. The third kappa shape index (κ3) is 2.61. The lowest BCUT2D eigenvalue weighted by Gasteiger charge is -2.30. The SMILES string of the molecule is O=C(c1cc2nccc(Oc3ccc(O)cc3)c2s1)N1CCC1. The molecular formula is C17H14N2O3S. The highest BCUT2D eigenvalue weighted by atomic mass is 32.1. The number of hydrogen-bond donors (Lipinski definition) is 1. The summed E-state index contributed by atoms with van der Waals surface area (Å²) in [6.45, 7) is 1.66. The molecule has 23 heavy (non-hydrogen) atoms. The smallest absolute Gasteiger partial charge is 0.264 e. The number of phenols is 1. The maximum absolute atomic E-state index is 12.3. The molecule has 2 aromatic heterocycles. The van der Waals surface area contributed by atoms with E-state index in [4.69, 9.17) is 4.74 Å². The van der Waals surface area contributed by atoms with E-state index in [-0.39, 0.29) is 11.7 Å². The van der Waals surface area contributed by atoms with Crippen LogP contribution in [-0.4, -0.2) is 34.0 Å². The van der Waals surface area contributed by atoms with Gasteiger partial charge in [-0.2, -0.15) is 0 Å². The summed E-state index contributed by atoms with van der Waals surface area (Å²) in [6, 6.07) is 10.1. The molecular weight excluding hydrogens is 312 g/mol. The average Bonchev–Trinajstić information content (AvgIpc) is 2.93. The molecule has 0 radical (unpaired) electrons. The van der Waals surface area contributed by atoms with Crippen molar-refractivity contribution in [3.05, 3.63) is 47.5 Å². The molecule has 1 fully saturated rings. The Balaban J connectivity index is 1.68. The van der Waals surface area contributed by atoms with Crippen molar-refractivity contribution in [1.29, 1.82) is 0 Å². The molecule has 0 saturated carbocycles. The van der Waals surface area contributed by atoms with Crippen molar-refractivity contribution in [3.63, 3.8) is 0 Å². The molecule has 5 nitrogen and oxygen atoms in total. The lowest BCUT2D eigenvalue weighted by molar-refractivity contribution is 0.0657. The fourth-order valence-electron chi connectivity index (χ4n) is 2.42. The fourth-order valence-corrected chi connectivity index (χ4v) is 3.45. The number of hydrogen-bond acceptors (Lipinski definition) is 5. The van der Waals surface area contributed by atoms with Crippen LogP contribution in [0, 0.1) is 0 Å². The Hall–Kier alpha value is -2.60. The summed E-state index contributed by atoms with van der Waals surface area (Å²) >= 11 is 1.40. The number of thiophene rings is 1. The highest BCUT2D eigenvalue weighted by Crippen LogP contribution is 2.35. The summed E-state index contributed by atoms with van der Waals surface area (Å²) < 4.78 is 6.73. The first-order valence-corrected chi connectivity index (χ1v) is 8.17. The lowest BCUT2D eigenvalue weighted by Crippen LogP contribution is -2.41. The third-order valence-corrected chi connectivity index (χ3v) is 4.92. The Morgan fingerprint density at radius 3 is 2.70 bits per heavy atom. The molecule has 0 atom stereocenters. The Kier molecular flexibility index (Phi) is 3.38. The minimum atomic E-state index is 0.0647. The van der Waals surface area contributed by atoms with Gasteiger partial charge < -0.3 is 14.7 Å². The first-order chi connectivity index (χ1) is 11.2. The van der Waals surface area contributed by atoms with Gasteiger partial charge in [0, 0.05) is 25.4 Å². The lowest BCUT2D eigenvalue weighted by atomic mass is 10.2. The van der Waals surface area contributed by atoms with Crippen LogP contribution >= 0.6 is 11.3 Å². The van der Waals surface area contributed by atoms with Crippen LogP contribution in [0.3, 0.4) is 0 Å². The Morgan fingerprint density at radius 1 is 1.22 bits per heavy atom. The molecule has 0 bridgehead atoms. The van der Waals surface area contributed by atoms with Crippen molar-refractivity contribution in [3.8, 4) is 17.2 Å². The zero-order valence-corrected chi connectivity index (χ0v) is 13.0. The molecule has 1 aromatic carbocycles. The van der Waals surface area contributed by atoms with Gasteiger partial charge in [0.25, 0.3) is 5.91 Å². The summed E-state index contributed by atoms with van der Waals surface area (Å²) in [4.78, 5) is 19.2. The van der Waals surface area contributed by atoms with Gasteiger partial charge in [-0.05, 0) is 36.8 Å². The number of fused-ring (bicyclic) bond motifs is 1. The van der Waals surface area contributed by atoms with Gasteiger partial charge >= 0.3 is 0 Å². The standard InChI is InChI=1S/C17H14N2O3S/c20-11-2-4-12(5-3-11)22-14-6-7-18-13-10-15(23-16(13)14)17(21)19-8-1-9-19/h2-7,10,20H,1,8-9H2. The molecule has 1 N–H and O–H groups in total. The van der Waals surface area contributed by atoms with Crippen LogP contribution in [0.5, 0.6) is 17.2 Å². The molecule has 0 spiro atoms. The highest BCUT2D eigenvalue weighted by Gasteiger charge is 2.24. The maximum Gasteiger partial charge on any atom is 0.264 e. The van der Waals surface area contributed by atoms with Gasteiger partial charge in [0.05, 0.1) is 15.1 Å². The molecule has 0 unspecified atom stereocenters. The van der Waals surface area contributed by atoms with Crippen LogP contribution in [0.1, 0.15) is 16.1 Å². The van der Waals surface area contributed by atoms with E-state index in [0.717, 1.165) is 29.7 Å². The number of carbonyl (C=O) groups excluding carboxylic acids is 1. The van der Waals surface area contributed by atoms with Crippen LogP contribution in [0.25, 0.3) is 10.2 Å². The summed E-state index contributed by atoms with van der Waals surface area (Å²) in [5.41, 5.74) is 0.759. The molecule has 3 aromatic rings. The van der Waals surface area contributed by atoms with E-state index in [0.29, 0.717) is 16.4 Å². The van der Waals surface area contributed by atoms with Crippen molar-refractivity contribution in [2.24, 2.45) is 0 Å². The Morgan fingerprint density at radius 2 is 2.00 bits per heavy atom. The van der Waals surface area contributed by atoms with E-state index < -0.39 is 0 Å². The van der Waals surface area contributed by atoms with Crippen LogP contribution in [0.2, 0.25) is 0 Å². The molecule has 1 saturated heterocycles. The van der Waals surface area contributed by atoms with E-state index in [1.807, 2.05) is 11.0 Å². The van der Waals surface area contributed by atoms with E-state index in [9.17, 15) is 9.90 Å². The predicted octanol–water partition coefficient (Wildman–Crippen LogP) is 3.64. The van der Waals surface area contributed by atoms with Gasteiger partial charge in [-0.25, -0.2) is 0 Å². The number of likely N-dealkylation sites (tertiary alicyclic amines) is 1. The number of nitrogens with zero attached hydrogens (tertiary/aromatic N) is 2. The number of rotatable bonds is 3. The van der Waals surface area contributed by atoms with E-state index >= 15 is 0 Å². The minimum absolute atomic E-state index is 0.0647.